The molecule has 0 aliphatic rings. The molecule has 0 aliphatic carbocycles. The summed E-state index contributed by atoms with van der Waals surface area (Å²) in [5.41, 5.74) is 1.69. The summed E-state index contributed by atoms with van der Waals surface area (Å²) in [6.07, 6.45) is 1.91. The highest BCUT2D eigenvalue weighted by Gasteiger charge is 2.20. The Morgan fingerprint density at radius 2 is 1.79 bits per heavy atom. The number of rotatable bonds is 10. The van der Waals surface area contributed by atoms with Crippen molar-refractivity contribution < 1.29 is 13.2 Å². The van der Waals surface area contributed by atoms with Crippen LogP contribution in [0.2, 0.25) is 5.02 Å². The van der Waals surface area contributed by atoms with Crippen LogP contribution < -0.4 is 9.62 Å². The minimum Gasteiger partial charge on any atom is -0.354 e. The van der Waals surface area contributed by atoms with Gasteiger partial charge in [-0.25, -0.2) is 8.42 Å². The number of sulfonamides is 1. The highest BCUT2D eigenvalue weighted by atomic mass is 127. The first-order valence-electron chi connectivity index (χ1n) is 8.58. The van der Waals surface area contributed by atoms with Gasteiger partial charge in [0.1, 0.15) is 6.54 Å². The molecule has 28 heavy (non-hydrogen) atoms. The second kappa shape index (κ2) is 11.3. The Balaban J connectivity index is 1.74. The van der Waals surface area contributed by atoms with Crippen LogP contribution in [0, 0.1) is 3.57 Å². The van der Waals surface area contributed by atoms with Crippen LogP contribution in [0.4, 0.5) is 5.69 Å². The minimum absolute atomic E-state index is 0.225. The lowest BCUT2D eigenvalue weighted by Crippen LogP contribution is -2.40. The quantitative estimate of drug-likeness (QED) is 0.355. The number of hydrogen-bond donors (Lipinski definition) is 1. The number of nitrogens with one attached hydrogen (secondary N) is 1. The number of nitrogens with zero attached hydrogens (tertiary/aromatic N) is 1. The van der Waals surface area contributed by atoms with Crippen LogP contribution in [0.25, 0.3) is 0 Å². The lowest BCUT2D eigenvalue weighted by atomic mass is 10.2. The lowest BCUT2D eigenvalue weighted by Gasteiger charge is -2.22. The van der Waals surface area contributed by atoms with Crippen LogP contribution in [0.3, 0.4) is 0 Å². The van der Waals surface area contributed by atoms with E-state index in [0.29, 0.717) is 12.2 Å². The Hall–Kier alpha value is -0.970. The van der Waals surface area contributed by atoms with Crippen molar-refractivity contribution in [2.75, 3.05) is 29.4 Å². The Morgan fingerprint density at radius 3 is 2.39 bits per heavy atom. The molecule has 2 aromatic carbocycles. The zero-order chi connectivity index (χ0) is 20.6. The first kappa shape index (κ1) is 23.3. The molecule has 1 N–H and O–H groups in total. The lowest BCUT2D eigenvalue weighted by molar-refractivity contribution is -0.119. The highest BCUT2D eigenvalue weighted by Crippen LogP contribution is 2.19. The van der Waals surface area contributed by atoms with Gasteiger partial charge in [-0.05, 0) is 76.7 Å². The first-order valence-corrected chi connectivity index (χ1v) is 13.0. The van der Waals surface area contributed by atoms with Gasteiger partial charge >= 0.3 is 0 Å². The third-order valence-electron chi connectivity index (χ3n) is 3.77. The highest BCUT2D eigenvalue weighted by molar-refractivity contribution is 14.1. The van der Waals surface area contributed by atoms with Crippen LogP contribution in [-0.4, -0.2) is 39.4 Å². The summed E-state index contributed by atoms with van der Waals surface area (Å²) in [6.45, 7) is 0.286. The average Bonchev–Trinajstić information content (AvgIpc) is 2.64. The van der Waals surface area contributed by atoms with Gasteiger partial charge in [-0.2, -0.15) is 11.8 Å². The molecule has 0 aromatic heterocycles. The van der Waals surface area contributed by atoms with Gasteiger partial charge in [-0.3, -0.25) is 9.10 Å². The summed E-state index contributed by atoms with van der Waals surface area (Å²) in [5.74, 6) is 1.47. The van der Waals surface area contributed by atoms with Gasteiger partial charge < -0.3 is 5.32 Å². The molecular weight excluding hydrogens is 531 g/mol. The van der Waals surface area contributed by atoms with Crippen molar-refractivity contribution in [1.82, 2.24) is 5.32 Å². The number of amides is 1. The number of halogens is 2. The molecule has 0 spiro atoms. The fourth-order valence-electron chi connectivity index (χ4n) is 2.37. The summed E-state index contributed by atoms with van der Waals surface area (Å²) < 4.78 is 26.2. The standard InChI is InChI=1S/C19H22ClIN2O3S2/c1-28(25,26)23(18-9-7-17(21)8-10-18)13-19(24)22-11-2-12-27-14-15-3-5-16(20)6-4-15/h3-10H,2,11-14H2,1H3,(H,22,24). The van der Waals surface area contributed by atoms with Gasteiger partial charge in [-0.1, -0.05) is 23.7 Å². The van der Waals surface area contributed by atoms with Crippen LogP contribution in [-0.2, 0) is 20.6 Å². The SMILES string of the molecule is CS(=O)(=O)N(CC(=O)NCCCSCc1ccc(Cl)cc1)c1ccc(I)cc1. The molecule has 5 nitrogen and oxygen atoms in total. The normalized spacial score (nSPS) is 11.2. The molecule has 0 fully saturated rings. The van der Waals surface area contributed by atoms with Crippen molar-refractivity contribution in [3.8, 4) is 0 Å². The summed E-state index contributed by atoms with van der Waals surface area (Å²) in [5, 5.41) is 3.52. The van der Waals surface area contributed by atoms with Crippen LogP contribution in [0.15, 0.2) is 48.5 Å². The fraction of sp³-hybridized carbons (Fsp3) is 0.316. The van der Waals surface area contributed by atoms with E-state index in [2.05, 4.69) is 27.9 Å². The third-order valence-corrected chi connectivity index (χ3v) is 7.00. The Morgan fingerprint density at radius 1 is 1.14 bits per heavy atom. The predicted molar refractivity (Wildman–Crippen MR) is 127 cm³/mol. The van der Waals surface area contributed by atoms with Crippen LogP contribution >= 0.6 is 46.0 Å². The van der Waals surface area contributed by atoms with E-state index in [1.165, 1.54) is 5.56 Å². The first-order chi connectivity index (χ1) is 13.3. The van der Waals surface area contributed by atoms with Crippen molar-refractivity contribution in [3.63, 3.8) is 0 Å². The second-order valence-corrected chi connectivity index (χ2v) is 10.8. The molecule has 0 heterocycles. The van der Waals surface area contributed by atoms with Gasteiger partial charge in [0.15, 0.2) is 0 Å². The fourth-order valence-corrected chi connectivity index (χ4v) is 4.63. The smallest absolute Gasteiger partial charge is 0.240 e. The summed E-state index contributed by atoms with van der Waals surface area (Å²) in [7, 11) is -3.54. The van der Waals surface area contributed by atoms with E-state index in [-0.39, 0.29) is 12.5 Å². The molecule has 0 atom stereocenters. The third kappa shape index (κ3) is 8.18. The number of benzene rings is 2. The Bertz CT molecular complexity index is 875. The van der Waals surface area contributed by atoms with E-state index in [9.17, 15) is 13.2 Å². The molecule has 152 valence electrons. The van der Waals surface area contributed by atoms with E-state index < -0.39 is 10.0 Å². The number of carbonyl (C=O) groups is 1. The van der Waals surface area contributed by atoms with E-state index in [1.807, 2.05) is 36.4 Å². The molecule has 1 amide bonds. The molecular formula is C19H22ClIN2O3S2. The molecule has 0 radical (unpaired) electrons. The second-order valence-electron chi connectivity index (χ2n) is 6.13. The van der Waals surface area contributed by atoms with Crippen molar-refractivity contribution in [1.29, 1.82) is 0 Å². The molecule has 0 bridgehead atoms. The largest absolute Gasteiger partial charge is 0.354 e. The average molecular weight is 553 g/mol. The molecule has 0 unspecified atom stereocenters. The Labute approximate surface area is 189 Å². The molecule has 2 aromatic rings. The molecule has 0 aliphatic heterocycles. The Kier molecular flexibility index (Phi) is 9.39. The molecule has 0 saturated carbocycles. The molecule has 2 rings (SSSR count). The monoisotopic (exact) mass is 552 g/mol. The topological polar surface area (TPSA) is 66.5 Å². The van der Waals surface area contributed by atoms with Gasteiger partial charge in [0.05, 0.1) is 11.9 Å². The van der Waals surface area contributed by atoms with Crippen molar-refractivity contribution in [3.05, 3.63) is 62.7 Å². The van der Waals surface area contributed by atoms with Gasteiger partial charge in [-0.15, -0.1) is 0 Å². The summed E-state index contributed by atoms with van der Waals surface area (Å²) >= 11 is 9.79. The van der Waals surface area contributed by atoms with Crippen molar-refractivity contribution >= 4 is 67.6 Å². The number of thioether (sulfide) groups is 1. The maximum Gasteiger partial charge on any atom is 0.240 e. The summed E-state index contributed by atoms with van der Waals surface area (Å²) in [6, 6.07) is 14.8. The number of anilines is 1. The molecule has 9 heteroatoms. The summed E-state index contributed by atoms with van der Waals surface area (Å²) in [4.78, 5) is 12.2. The zero-order valence-corrected chi connectivity index (χ0v) is 19.9. The van der Waals surface area contributed by atoms with Crippen LogP contribution in [0.1, 0.15) is 12.0 Å². The van der Waals surface area contributed by atoms with Gasteiger partial charge in [0, 0.05) is 20.9 Å². The van der Waals surface area contributed by atoms with Gasteiger partial charge in [0.25, 0.3) is 0 Å². The van der Waals surface area contributed by atoms with E-state index in [4.69, 9.17) is 11.6 Å². The maximum atomic E-state index is 12.2. The number of hydrogen-bond acceptors (Lipinski definition) is 4. The van der Waals surface area contributed by atoms with E-state index >= 15 is 0 Å². The van der Waals surface area contributed by atoms with Crippen LogP contribution in [0.5, 0.6) is 0 Å². The zero-order valence-electron chi connectivity index (χ0n) is 15.4. The van der Waals surface area contributed by atoms with E-state index in [0.717, 1.165) is 37.1 Å². The number of carbonyl (C=O) groups excluding carboxylic acids is 1. The minimum atomic E-state index is -3.54. The van der Waals surface area contributed by atoms with E-state index in [1.54, 1.807) is 23.9 Å². The maximum absolute atomic E-state index is 12.2. The van der Waals surface area contributed by atoms with Crippen molar-refractivity contribution in [2.24, 2.45) is 0 Å². The molecule has 0 saturated heterocycles. The van der Waals surface area contributed by atoms with Crippen molar-refractivity contribution in [2.45, 2.75) is 12.2 Å². The van der Waals surface area contributed by atoms with Gasteiger partial charge in [0.2, 0.25) is 15.9 Å². The predicted octanol–water partition coefficient (Wildman–Crippen LogP) is 4.15.